The van der Waals surface area contributed by atoms with Crippen LogP contribution in [0.3, 0.4) is 0 Å². The summed E-state index contributed by atoms with van der Waals surface area (Å²) < 4.78 is 1.57. The van der Waals surface area contributed by atoms with Crippen LogP contribution >= 0.6 is 11.3 Å². The van der Waals surface area contributed by atoms with Crippen LogP contribution in [-0.4, -0.2) is 34.1 Å². The monoisotopic (exact) mass is 278 g/mol. The summed E-state index contributed by atoms with van der Waals surface area (Å²) in [5, 5.41) is 20.1. The number of aromatic nitrogens is 3. The summed E-state index contributed by atoms with van der Waals surface area (Å²) >= 11 is 1.84. The van der Waals surface area contributed by atoms with E-state index in [1.54, 1.807) is 4.68 Å². The number of nitrogens with zero attached hydrogens (tertiary/aromatic N) is 3. The Morgan fingerprint density at radius 3 is 3.26 bits per heavy atom. The first-order valence-corrected chi connectivity index (χ1v) is 7.10. The van der Waals surface area contributed by atoms with Crippen molar-refractivity contribution < 1.29 is 14.8 Å². The third-order valence-corrected chi connectivity index (χ3v) is 4.45. The predicted octanol–water partition coefficient (Wildman–Crippen LogP) is -1.66. The maximum atomic E-state index is 10.6. The fourth-order valence-electron chi connectivity index (χ4n) is 2.38. The largest absolute Gasteiger partial charge is 0.543 e. The number of thiophene rings is 1. The molecule has 0 fully saturated rings. The average Bonchev–Trinajstić information content (AvgIpc) is 3.04. The van der Waals surface area contributed by atoms with Gasteiger partial charge in [-0.05, 0) is 11.4 Å². The van der Waals surface area contributed by atoms with Crippen molar-refractivity contribution in [2.75, 3.05) is 13.1 Å². The van der Waals surface area contributed by atoms with E-state index >= 15 is 0 Å². The molecule has 0 aliphatic carbocycles. The van der Waals surface area contributed by atoms with Gasteiger partial charge in [0.15, 0.2) is 0 Å². The standard InChI is InChI=1S/C12H14N4O2S/c17-12(18)10-8-16(14-13-10)5-4-15-3-1-11-9(7-15)2-6-19-11/h2,6,8H,1,3-5,7H2,(H,17,18). The van der Waals surface area contributed by atoms with E-state index in [2.05, 4.69) is 21.8 Å². The number of hydrogen-bond donors (Lipinski definition) is 1. The fraction of sp³-hybridized carbons (Fsp3) is 0.417. The second kappa shape index (κ2) is 5.10. The first kappa shape index (κ1) is 12.3. The van der Waals surface area contributed by atoms with Crippen molar-refractivity contribution in [1.29, 1.82) is 0 Å². The Bertz CT molecular complexity index is 592. The molecule has 0 saturated carbocycles. The molecule has 0 radical (unpaired) electrons. The average molecular weight is 278 g/mol. The third kappa shape index (κ3) is 2.66. The van der Waals surface area contributed by atoms with Gasteiger partial charge in [-0.3, -0.25) is 0 Å². The predicted molar refractivity (Wildman–Crippen MR) is 66.8 cm³/mol. The fourth-order valence-corrected chi connectivity index (χ4v) is 3.29. The molecule has 0 aromatic carbocycles. The summed E-state index contributed by atoms with van der Waals surface area (Å²) in [5.74, 6) is -1.28. The Morgan fingerprint density at radius 2 is 2.47 bits per heavy atom. The van der Waals surface area contributed by atoms with Gasteiger partial charge in [-0.15, -0.1) is 16.4 Å². The number of carboxylic acid groups (broad SMARTS) is 1. The minimum absolute atomic E-state index is 0.103. The molecule has 1 atom stereocenters. The molecule has 0 saturated heterocycles. The van der Waals surface area contributed by atoms with E-state index in [4.69, 9.17) is 0 Å². The second-order valence-electron chi connectivity index (χ2n) is 4.70. The van der Waals surface area contributed by atoms with E-state index in [0.29, 0.717) is 6.54 Å². The number of carbonyl (C=O) groups is 1. The lowest BCUT2D eigenvalue weighted by molar-refractivity contribution is -0.916. The van der Waals surface area contributed by atoms with Crippen molar-refractivity contribution in [3.63, 3.8) is 0 Å². The molecular weight excluding hydrogens is 264 g/mol. The first-order chi connectivity index (χ1) is 9.22. The molecule has 6 nitrogen and oxygen atoms in total. The molecule has 0 bridgehead atoms. The number of fused-ring (bicyclic) bond motifs is 1. The lowest BCUT2D eigenvalue weighted by atomic mass is 10.1. The van der Waals surface area contributed by atoms with Crippen LogP contribution in [0.15, 0.2) is 17.6 Å². The van der Waals surface area contributed by atoms with Gasteiger partial charge in [-0.25, -0.2) is 4.68 Å². The lowest BCUT2D eigenvalue weighted by Crippen LogP contribution is -3.12. The number of aromatic carboxylic acids is 1. The Balaban J connectivity index is 1.57. The molecule has 2 aromatic heterocycles. The SMILES string of the molecule is O=C([O-])c1cn(CC[NH+]2CCc3sccc3C2)nn1. The van der Waals surface area contributed by atoms with E-state index in [9.17, 15) is 9.90 Å². The highest BCUT2D eigenvalue weighted by Crippen LogP contribution is 2.17. The minimum Gasteiger partial charge on any atom is -0.543 e. The van der Waals surface area contributed by atoms with Crippen LogP contribution < -0.4 is 10.0 Å². The molecule has 3 heterocycles. The van der Waals surface area contributed by atoms with Crippen LogP contribution in [0.4, 0.5) is 0 Å². The Hall–Kier alpha value is -1.73. The zero-order valence-electron chi connectivity index (χ0n) is 10.3. The molecule has 2 aromatic rings. The molecule has 3 rings (SSSR count). The van der Waals surface area contributed by atoms with Crippen molar-refractivity contribution >= 4 is 17.3 Å². The molecule has 0 amide bonds. The van der Waals surface area contributed by atoms with Gasteiger partial charge in [-0.1, -0.05) is 5.21 Å². The normalized spacial score (nSPS) is 18.2. The van der Waals surface area contributed by atoms with E-state index in [0.717, 1.165) is 26.1 Å². The molecule has 1 N–H and O–H groups in total. The highest BCUT2D eigenvalue weighted by molar-refractivity contribution is 7.10. The minimum atomic E-state index is -1.28. The first-order valence-electron chi connectivity index (χ1n) is 6.22. The molecule has 100 valence electrons. The summed E-state index contributed by atoms with van der Waals surface area (Å²) in [5.41, 5.74) is 1.34. The number of quaternary nitrogens is 1. The highest BCUT2D eigenvalue weighted by Gasteiger charge is 2.20. The van der Waals surface area contributed by atoms with Crippen LogP contribution in [0.5, 0.6) is 0 Å². The van der Waals surface area contributed by atoms with Gasteiger partial charge >= 0.3 is 0 Å². The van der Waals surface area contributed by atoms with Crippen molar-refractivity contribution in [1.82, 2.24) is 15.0 Å². The van der Waals surface area contributed by atoms with Gasteiger partial charge in [0.05, 0.1) is 31.8 Å². The van der Waals surface area contributed by atoms with Crippen molar-refractivity contribution in [2.24, 2.45) is 0 Å². The number of rotatable bonds is 4. The maximum absolute atomic E-state index is 10.6. The topological polar surface area (TPSA) is 75.3 Å². The molecule has 19 heavy (non-hydrogen) atoms. The van der Waals surface area contributed by atoms with Gasteiger partial charge in [-0.2, -0.15) is 0 Å². The summed E-state index contributed by atoms with van der Waals surface area (Å²) in [6, 6.07) is 2.20. The molecular formula is C12H14N4O2S. The zero-order chi connectivity index (χ0) is 13.2. The van der Waals surface area contributed by atoms with Gasteiger partial charge in [0.1, 0.15) is 12.2 Å². The second-order valence-corrected chi connectivity index (χ2v) is 5.70. The van der Waals surface area contributed by atoms with Crippen LogP contribution in [-0.2, 0) is 19.5 Å². The van der Waals surface area contributed by atoms with Gasteiger partial charge in [0.25, 0.3) is 0 Å². The number of carbonyl (C=O) groups excluding carboxylic acids is 1. The van der Waals surface area contributed by atoms with Crippen molar-refractivity contribution in [3.05, 3.63) is 33.8 Å². The quantitative estimate of drug-likeness (QED) is 0.727. The summed E-state index contributed by atoms with van der Waals surface area (Å²) in [6.45, 7) is 3.76. The van der Waals surface area contributed by atoms with Crippen LogP contribution in [0.1, 0.15) is 20.9 Å². The Labute approximate surface area is 114 Å². The van der Waals surface area contributed by atoms with Gasteiger partial charge in [0.2, 0.25) is 0 Å². The van der Waals surface area contributed by atoms with Gasteiger partial charge < -0.3 is 14.8 Å². The van der Waals surface area contributed by atoms with Crippen molar-refractivity contribution in [2.45, 2.75) is 19.5 Å². The Morgan fingerprint density at radius 1 is 1.58 bits per heavy atom. The van der Waals surface area contributed by atoms with Crippen LogP contribution in [0.2, 0.25) is 0 Å². The van der Waals surface area contributed by atoms with Crippen molar-refractivity contribution in [3.8, 4) is 0 Å². The third-order valence-electron chi connectivity index (χ3n) is 3.43. The van der Waals surface area contributed by atoms with Crippen LogP contribution in [0.25, 0.3) is 0 Å². The van der Waals surface area contributed by atoms with Gasteiger partial charge in [0, 0.05) is 16.9 Å². The smallest absolute Gasteiger partial charge is 0.128 e. The van der Waals surface area contributed by atoms with Crippen LogP contribution in [0, 0.1) is 0 Å². The van der Waals surface area contributed by atoms with E-state index in [1.807, 2.05) is 11.3 Å². The molecule has 7 heteroatoms. The lowest BCUT2D eigenvalue weighted by Gasteiger charge is -2.23. The van der Waals surface area contributed by atoms with E-state index < -0.39 is 5.97 Å². The molecule has 0 spiro atoms. The summed E-state index contributed by atoms with van der Waals surface area (Å²) in [6.07, 6.45) is 2.55. The van der Waals surface area contributed by atoms with E-state index in [1.165, 1.54) is 21.5 Å². The Kier molecular flexibility index (Phi) is 3.31. The zero-order valence-corrected chi connectivity index (χ0v) is 11.2. The highest BCUT2D eigenvalue weighted by atomic mass is 32.1. The number of nitrogens with one attached hydrogen (secondary N) is 1. The van der Waals surface area contributed by atoms with E-state index in [-0.39, 0.29) is 5.69 Å². The summed E-state index contributed by atoms with van der Waals surface area (Å²) in [7, 11) is 0. The molecule has 1 aliphatic heterocycles. The molecule has 1 unspecified atom stereocenters. The number of hydrogen-bond acceptors (Lipinski definition) is 5. The number of carboxylic acids is 1. The maximum Gasteiger partial charge on any atom is 0.128 e. The molecule has 1 aliphatic rings. The summed E-state index contributed by atoms with van der Waals surface area (Å²) in [4.78, 5) is 13.6.